The van der Waals surface area contributed by atoms with Gasteiger partial charge in [0.15, 0.2) is 5.05 Å². The van der Waals surface area contributed by atoms with Gasteiger partial charge in [-0.2, -0.15) is 0 Å². The Morgan fingerprint density at radius 3 is 2.35 bits per heavy atom. The molecule has 0 spiro atoms. The van der Waals surface area contributed by atoms with E-state index >= 15 is 0 Å². The van der Waals surface area contributed by atoms with Crippen molar-refractivity contribution in [2.24, 2.45) is 5.92 Å². The first-order valence-electron chi connectivity index (χ1n) is 6.19. The minimum Gasteiger partial charge on any atom is -0.500 e. The van der Waals surface area contributed by atoms with Gasteiger partial charge < -0.3 is 10.0 Å². The number of aliphatic hydroxyl groups excluding tert-OH is 1. The topological polar surface area (TPSA) is 57.6 Å². The van der Waals surface area contributed by atoms with Crippen LogP contribution in [0.3, 0.4) is 0 Å². The maximum Gasteiger partial charge on any atom is 0.290 e. The first-order chi connectivity index (χ1) is 8.11. The number of carbonyl (C=O) groups excluding carboxylic acids is 2. The van der Waals surface area contributed by atoms with Crippen molar-refractivity contribution in [1.29, 1.82) is 0 Å². The zero-order chi connectivity index (χ0) is 12.4. The summed E-state index contributed by atoms with van der Waals surface area (Å²) in [6, 6.07) is -0.428. The van der Waals surface area contributed by atoms with Crippen LogP contribution in [-0.2, 0) is 9.59 Å². The molecule has 94 valence electrons. The van der Waals surface area contributed by atoms with E-state index in [2.05, 4.69) is 0 Å². The third kappa shape index (κ3) is 2.49. The van der Waals surface area contributed by atoms with Crippen LogP contribution in [0, 0.1) is 5.92 Å². The molecule has 1 saturated carbocycles. The fourth-order valence-electron chi connectivity index (χ4n) is 2.77. The van der Waals surface area contributed by atoms with Crippen LogP contribution in [0.15, 0.2) is 0 Å². The van der Waals surface area contributed by atoms with E-state index in [1.165, 1.54) is 4.90 Å². The number of hydrogen-bond acceptors (Lipinski definition) is 3. The molecule has 2 aliphatic rings. The number of carbonyl (C=O) groups is 2. The molecule has 2 fully saturated rings. The van der Waals surface area contributed by atoms with Crippen molar-refractivity contribution >= 4 is 29.0 Å². The molecule has 1 aliphatic heterocycles. The maximum atomic E-state index is 12.1. The van der Waals surface area contributed by atoms with Crippen LogP contribution >= 0.6 is 12.2 Å². The van der Waals surface area contributed by atoms with E-state index in [9.17, 15) is 14.7 Å². The quantitative estimate of drug-likeness (QED) is 0.615. The Morgan fingerprint density at radius 2 is 1.76 bits per heavy atom. The molecule has 0 aromatic rings. The van der Waals surface area contributed by atoms with Crippen LogP contribution in [0.25, 0.3) is 0 Å². The lowest BCUT2D eigenvalue weighted by Crippen LogP contribution is -2.44. The smallest absolute Gasteiger partial charge is 0.290 e. The number of Topliss-reactive ketones (excluding diaryl/α,β-unsaturated/α-hetero) is 1. The molecule has 4 nitrogen and oxygen atoms in total. The van der Waals surface area contributed by atoms with E-state index in [0.29, 0.717) is 13.0 Å². The molecule has 17 heavy (non-hydrogen) atoms. The molecule has 0 radical (unpaired) electrons. The molecule has 1 amide bonds. The van der Waals surface area contributed by atoms with Gasteiger partial charge in [0.2, 0.25) is 5.78 Å². The summed E-state index contributed by atoms with van der Waals surface area (Å²) in [5.41, 5.74) is 0. The van der Waals surface area contributed by atoms with Crippen molar-refractivity contribution < 1.29 is 14.7 Å². The van der Waals surface area contributed by atoms with Gasteiger partial charge in [0.1, 0.15) is 6.04 Å². The molecular formula is C12H17NO3S. The predicted octanol–water partition coefficient (Wildman–Crippen LogP) is 1.62. The third-order valence-electron chi connectivity index (χ3n) is 3.74. The van der Waals surface area contributed by atoms with Crippen LogP contribution < -0.4 is 0 Å². The summed E-state index contributed by atoms with van der Waals surface area (Å²) < 4.78 is 0. The zero-order valence-electron chi connectivity index (χ0n) is 9.72. The standard InChI is InChI=1S/C12H17NO3S/c14-10(8-4-1-2-5-8)11(15)13-7-3-6-9(13)12(16)17/h8-9H,1-7H2,(H,16,17)/t9-/m0/s1. The summed E-state index contributed by atoms with van der Waals surface area (Å²) in [7, 11) is 0. The Morgan fingerprint density at radius 1 is 1.12 bits per heavy atom. The summed E-state index contributed by atoms with van der Waals surface area (Å²) in [5.74, 6) is -0.836. The highest BCUT2D eigenvalue weighted by atomic mass is 32.1. The van der Waals surface area contributed by atoms with Gasteiger partial charge >= 0.3 is 0 Å². The van der Waals surface area contributed by atoms with Gasteiger partial charge in [-0.3, -0.25) is 9.59 Å². The second kappa shape index (κ2) is 5.12. The van der Waals surface area contributed by atoms with Crippen molar-refractivity contribution in [3.63, 3.8) is 0 Å². The molecule has 1 aliphatic carbocycles. The van der Waals surface area contributed by atoms with Crippen LogP contribution in [0.5, 0.6) is 0 Å². The Kier molecular flexibility index (Phi) is 3.76. The Bertz CT molecular complexity index is 350. The van der Waals surface area contributed by atoms with Crippen molar-refractivity contribution in [2.45, 2.75) is 44.6 Å². The van der Waals surface area contributed by atoms with Crippen molar-refractivity contribution in [3.05, 3.63) is 0 Å². The molecule has 0 aromatic heterocycles. The van der Waals surface area contributed by atoms with Crippen LogP contribution in [0.2, 0.25) is 0 Å². The summed E-state index contributed by atoms with van der Waals surface area (Å²) in [4.78, 5) is 25.5. The van der Waals surface area contributed by atoms with Crippen LogP contribution in [0.4, 0.5) is 0 Å². The predicted molar refractivity (Wildman–Crippen MR) is 66.9 cm³/mol. The van der Waals surface area contributed by atoms with Crippen molar-refractivity contribution in [2.75, 3.05) is 6.54 Å². The molecule has 1 saturated heterocycles. The molecule has 1 heterocycles. The second-order valence-corrected chi connectivity index (χ2v) is 5.26. The number of aliphatic hydroxyl groups is 1. The van der Waals surface area contributed by atoms with Gasteiger partial charge in [-0.25, -0.2) is 0 Å². The van der Waals surface area contributed by atoms with Crippen LogP contribution in [0.1, 0.15) is 38.5 Å². The Labute approximate surface area is 106 Å². The van der Waals surface area contributed by atoms with Gasteiger partial charge in [0, 0.05) is 12.5 Å². The average molecular weight is 255 g/mol. The SMILES string of the molecule is O=C(C(=O)N1CCC[C@H]1C(O)=S)C1CCCC1. The molecule has 0 unspecified atom stereocenters. The van der Waals surface area contributed by atoms with Gasteiger partial charge in [-0.1, -0.05) is 12.8 Å². The van der Waals surface area contributed by atoms with E-state index < -0.39 is 11.9 Å². The molecule has 1 N–H and O–H groups in total. The number of ketones is 1. The number of likely N-dealkylation sites (tertiary alicyclic amines) is 1. The monoisotopic (exact) mass is 255 g/mol. The largest absolute Gasteiger partial charge is 0.500 e. The van der Waals surface area contributed by atoms with Crippen molar-refractivity contribution in [1.82, 2.24) is 4.90 Å². The van der Waals surface area contributed by atoms with Gasteiger partial charge in [0.25, 0.3) is 5.91 Å². The third-order valence-corrected chi connectivity index (χ3v) is 4.01. The number of thiocarbonyl (C=S) groups is 1. The fourth-order valence-corrected chi connectivity index (χ4v) is 3.02. The number of hydrogen-bond donors (Lipinski definition) is 1. The normalized spacial score (nSPS) is 25.2. The lowest BCUT2D eigenvalue weighted by atomic mass is 10.0. The van der Waals surface area contributed by atoms with Crippen molar-refractivity contribution in [3.8, 4) is 0 Å². The molecular weight excluding hydrogens is 238 g/mol. The molecule has 5 heteroatoms. The average Bonchev–Trinajstić information content (AvgIpc) is 2.97. The highest BCUT2D eigenvalue weighted by Crippen LogP contribution is 2.27. The highest BCUT2D eigenvalue weighted by Gasteiger charge is 2.37. The molecule has 1 atom stereocenters. The highest BCUT2D eigenvalue weighted by molar-refractivity contribution is 7.80. The first kappa shape index (κ1) is 12.5. The Hall–Kier alpha value is -0.970. The van der Waals surface area contributed by atoms with E-state index in [-0.39, 0.29) is 16.8 Å². The van der Waals surface area contributed by atoms with Gasteiger partial charge in [-0.15, -0.1) is 0 Å². The second-order valence-electron chi connectivity index (χ2n) is 4.84. The summed E-state index contributed by atoms with van der Waals surface area (Å²) >= 11 is 4.72. The summed E-state index contributed by atoms with van der Waals surface area (Å²) in [5, 5.41) is 9.17. The zero-order valence-corrected chi connectivity index (χ0v) is 10.5. The lowest BCUT2D eigenvalue weighted by molar-refractivity contribution is -0.146. The minimum absolute atomic E-state index is 0.101. The molecule has 0 bridgehead atoms. The molecule has 2 rings (SSSR count). The maximum absolute atomic E-state index is 12.1. The summed E-state index contributed by atoms with van der Waals surface area (Å²) in [6.45, 7) is 0.530. The number of amides is 1. The molecule has 0 aromatic carbocycles. The van der Waals surface area contributed by atoms with E-state index in [0.717, 1.165) is 32.1 Å². The van der Waals surface area contributed by atoms with Gasteiger partial charge in [-0.05, 0) is 37.9 Å². The van der Waals surface area contributed by atoms with Crippen LogP contribution in [-0.4, -0.2) is 39.3 Å². The number of nitrogens with zero attached hydrogens (tertiary/aromatic N) is 1. The number of rotatable bonds is 3. The lowest BCUT2D eigenvalue weighted by Gasteiger charge is -2.23. The summed E-state index contributed by atoms with van der Waals surface area (Å²) in [6.07, 6.45) is 5.18. The Balaban J connectivity index is 2.03. The van der Waals surface area contributed by atoms with E-state index in [4.69, 9.17) is 12.2 Å². The van der Waals surface area contributed by atoms with E-state index in [1.807, 2.05) is 0 Å². The fraction of sp³-hybridized carbons (Fsp3) is 0.750. The first-order valence-corrected chi connectivity index (χ1v) is 6.59. The minimum atomic E-state index is -0.448. The van der Waals surface area contributed by atoms with E-state index in [1.54, 1.807) is 0 Å². The van der Waals surface area contributed by atoms with Gasteiger partial charge in [0.05, 0.1) is 0 Å².